The van der Waals surface area contributed by atoms with Crippen LogP contribution in [0.15, 0.2) is 52.2 Å². The molecule has 3 aromatic rings. The molecule has 4 rings (SSSR count). The molecule has 1 unspecified atom stereocenters. The van der Waals surface area contributed by atoms with Gasteiger partial charge in [0.1, 0.15) is 6.04 Å². The van der Waals surface area contributed by atoms with Gasteiger partial charge in [-0.05, 0) is 55.3 Å². The van der Waals surface area contributed by atoms with Gasteiger partial charge in [-0.25, -0.2) is 8.42 Å². The van der Waals surface area contributed by atoms with Crippen molar-refractivity contribution in [1.82, 2.24) is 8.87 Å². The minimum Gasteiger partial charge on any atom is -0.325 e. The molecule has 1 aromatic heterocycles. The van der Waals surface area contributed by atoms with E-state index in [9.17, 15) is 18.0 Å². The third kappa shape index (κ3) is 3.71. The zero-order chi connectivity index (χ0) is 20.8. The van der Waals surface area contributed by atoms with Crippen molar-refractivity contribution >= 4 is 54.8 Å². The van der Waals surface area contributed by atoms with Crippen LogP contribution in [0.4, 0.5) is 5.69 Å². The van der Waals surface area contributed by atoms with Crippen LogP contribution in [0, 0.1) is 0 Å². The van der Waals surface area contributed by atoms with Gasteiger partial charge in [0.15, 0.2) is 0 Å². The first kappa shape index (κ1) is 20.1. The first-order chi connectivity index (χ1) is 13.8. The summed E-state index contributed by atoms with van der Waals surface area (Å²) in [5, 5.41) is 3.24. The molecule has 0 spiro atoms. The van der Waals surface area contributed by atoms with Gasteiger partial charge in [0.2, 0.25) is 15.9 Å². The number of aromatic nitrogens is 1. The fraction of sp³-hybridized carbons (Fsp3) is 0.263. The van der Waals surface area contributed by atoms with Crippen LogP contribution >= 0.6 is 22.9 Å². The Kier molecular flexibility index (Phi) is 5.24. The Balaban J connectivity index is 1.58. The highest BCUT2D eigenvalue weighted by Crippen LogP contribution is 2.28. The molecule has 2 aromatic carbocycles. The summed E-state index contributed by atoms with van der Waals surface area (Å²) in [6, 6.07) is 10.3. The van der Waals surface area contributed by atoms with Gasteiger partial charge in [0, 0.05) is 24.3 Å². The average molecular weight is 452 g/mol. The van der Waals surface area contributed by atoms with Crippen molar-refractivity contribution in [3.05, 3.63) is 57.2 Å². The molecule has 1 amide bonds. The Labute approximate surface area is 176 Å². The van der Waals surface area contributed by atoms with E-state index in [0.717, 1.165) is 21.6 Å². The Hall–Kier alpha value is -2.20. The van der Waals surface area contributed by atoms with Crippen LogP contribution in [0.25, 0.3) is 10.2 Å². The topological polar surface area (TPSA) is 88.5 Å². The summed E-state index contributed by atoms with van der Waals surface area (Å²) in [5.41, 5.74) is 1.31. The molecule has 1 aliphatic rings. The highest BCUT2D eigenvalue weighted by Gasteiger charge is 2.39. The van der Waals surface area contributed by atoms with Crippen LogP contribution in [0.2, 0.25) is 5.02 Å². The largest absolute Gasteiger partial charge is 0.325 e. The number of hydrogen-bond donors (Lipinski definition) is 1. The fourth-order valence-corrected chi connectivity index (χ4v) is 6.17. The van der Waals surface area contributed by atoms with Gasteiger partial charge < -0.3 is 9.88 Å². The molecule has 0 radical (unpaired) electrons. The minimum absolute atomic E-state index is 0.0838. The molecule has 2 heterocycles. The fourth-order valence-electron chi connectivity index (χ4n) is 3.47. The number of anilines is 1. The van der Waals surface area contributed by atoms with Crippen LogP contribution in [-0.2, 0) is 21.9 Å². The van der Waals surface area contributed by atoms with Crippen LogP contribution in [0.5, 0.6) is 0 Å². The highest BCUT2D eigenvalue weighted by molar-refractivity contribution is 7.89. The molecule has 10 heteroatoms. The molecule has 29 heavy (non-hydrogen) atoms. The summed E-state index contributed by atoms with van der Waals surface area (Å²) in [7, 11) is -2.12. The van der Waals surface area contributed by atoms with Crippen molar-refractivity contribution in [1.29, 1.82) is 0 Å². The number of halogens is 1. The zero-order valence-electron chi connectivity index (χ0n) is 15.5. The van der Waals surface area contributed by atoms with E-state index in [-0.39, 0.29) is 22.2 Å². The quantitative estimate of drug-likeness (QED) is 0.660. The molecule has 0 saturated carbocycles. The van der Waals surface area contributed by atoms with Gasteiger partial charge >= 0.3 is 4.87 Å². The number of benzene rings is 2. The molecule has 152 valence electrons. The zero-order valence-corrected chi connectivity index (χ0v) is 17.9. The number of thiazole rings is 1. The van der Waals surface area contributed by atoms with Gasteiger partial charge in [-0.1, -0.05) is 22.9 Å². The number of nitrogens with one attached hydrogen (secondary N) is 1. The van der Waals surface area contributed by atoms with E-state index in [1.807, 2.05) is 0 Å². The molecular formula is C19H18ClN3O4S2. The second kappa shape index (κ2) is 7.56. The van der Waals surface area contributed by atoms with Crippen molar-refractivity contribution in [3.8, 4) is 0 Å². The summed E-state index contributed by atoms with van der Waals surface area (Å²) in [4.78, 5) is 24.7. The van der Waals surface area contributed by atoms with Gasteiger partial charge in [-0.2, -0.15) is 4.31 Å². The number of rotatable bonds is 4. The van der Waals surface area contributed by atoms with Gasteiger partial charge in [-0.15, -0.1) is 0 Å². The SMILES string of the molecule is Cn1c(=O)sc2cc(NC(=O)C3CCCN3S(=O)(=O)c3ccc(Cl)cc3)ccc21. The van der Waals surface area contributed by atoms with E-state index < -0.39 is 16.1 Å². The number of amides is 1. The van der Waals surface area contributed by atoms with Crippen LogP contribution in [0.1, 0.15) is 12.8 Å². The highest BCUT2D eigenvalue weighted by atomic mass is 35.5. The average Bonchev–Trinajstić information content (AvgIpc) is 3.28. The maximum atomic E-state index is 13.0. The first-order valence-electron chi connectivity index (χ1n) is 8.95. The standard InChI is InChI=1S/C19H18ClN3O4S2/c1-22-15-9-6-13(11-17(15)28-19(22)25)21-18(24)16-3-2-10-23(16)29(26,27)14-7-4-12(20)5-8-14/h4-9,11,16H,2-3,10H2,1H3,(H,21,24). The van der Waals surface area contributed by atoms with Gasteiger partial charge in [0.05, 0.1) is 15.1 Å². The second-order valence-electron chi connectivity index (χ2n) is 6.83. The second-order valence-corrected chi connectivity index (χ2v) is 10.1. The molecule has 1 atom stereocenters. The Bertz CT molecular complexity index is 1250. The molecule has 0 aliphatic carbocycles. The maximum absolute atomic E-state index is 13.0. The van der Waals surface area contributed by atoms with Crippen LogP contribution < -0.4 is 10.2 Å². The number of nitrogens with zero attached hydrogens (tertiary/aromatic N) is 2. The van der Waals surface area contributed by atoms with Crippen LogP contribution in [0.3, 0.4) is 0 Å². The van der Waals surface area contributed by atoms with Crippen molar-refractivity contribution in [2.45, 2.75) is 23.8 Å². The number of aryl methyl sites for hydroxylation is 1. The normalized spacial score (nSPS) is 17.7. The lowest BCUT2D eigenvalue weighted by Gasteiger charge is -2.23. The predicted molar refractivity (Wildman–Crippen MR) is 114 cm³/mol. The van der Waals surface area contributed by atoms with Crippen molar-refractivity contribution in [2.24, 2.45) is 7.05 Å². The Morgan fingerprint density at radius 1 is 1.21 bits per heavy atom. The third-order valence-electron chi connectivity index (χ3n) is 4.99. The van der Waals surface area contributed by atoms with E-state index in [4.69, 9.17) is 11.6 Å². The Morgan fingerprint density at radius 2 is 1.93 bits per heavy atom. The first-order valence-corrected chi connectivity index (χ1v) is 11.6. The summed E-state index contributed by atoms with van der Waals surface area (Å²) >= 11 is 6.95. The monoisotopic (exact) mass is 451 g/mol. The molecule has 1 N–H and O–H groups in total. The number of fused-ring (bicyclic) bond motifs is 1. The predicted octanol–water partition coefficient (Wildman–Crippen LogP) is 3.05. The van der Waals surface area contributed by atoms with E-state index in [1.165, 1.54) is 28.6 Å². The number of carbonyl (C=O) groups excluding carboxylic acids is 1. The molecule has 7 nitrogen and oxygen atoms in total. The summed E-state index contributed by atoms with van der Waals surface area (Å²) < 4.78 is 29.5. The van der Waals surface area contributed by atoms with E-state index in [0.29, 0.717) is 23.6 Å². The number of carbonyl (C=O) groups is 1. The number of hydrogen-bond acceptors (Lipinski definition) is 5. The number of sulfonamides is 1. The van der Waals surface area contributed by atoms with E-state index in [1.54, 1.807) is 29.8 Å². The molecule has 0 bridgehead atoms. The van der Waals surface area contributed by atoms with E-state index in [2.05, 4.69) is 5.32 Å². The van der Waals surface area contributed by atoms with Crippen molar-refractivity contribution in [3.63, 3.8) is 0 Å². The Morgan fingerprint density at radius 3 is 2.66 bits per heavy atom. The molecule has 1 aliphatic heterocycles. The summed E-state index contributed by atoms with van der Waals surface area (Å²) in [5.74, 6) is -0.386. The maximum Gasteiger partial charge on any atom is 0.307 e. The summed E-state index contributed by atoms with van der Waals surface area (Å²) in [6.45, 7) is 0.280. The molecule has 1 fully saturated rings. The third-order valence-corrected chi connectivity index (χ3v) is 8.16. The minimum atomic E-state index is -3.81. The lowest BCUT2D eigenvalue weighted by atomic mass is 10.2. The van der Waals surface area contributed by atoms with Crippen molar-refractivity contribution < 1.29 is 13.2 Å². The summed E-state index contributed by atoms with van der Waals surface area (Å²) in [6.07, 6.45) is 1.05. The molecule has 1 saturated heterocycles. The van der Waals surface area contributed by atoms with E-state index >= 15 is 0 Å². The van der Waals surface area contributed by atoms with Gasteiger partial charge in [0.25, 0.3) is 0 Å². The van der Waals surface area contributed by atoms with Gasteiger partial charge in [-0.3, -0.25) is 9.59 Å². The molecular weight excluding hydrogens is 434 g/mol. The van der Waals surface area contributed by atoms with Crippen LogP contribution in [-0.4, -0.2) is 35.8 Å². The van der Waals surface area contributed by atoms with Crippen molar-refractivity contribution in [2.75, 3.05) is 11.9 Å². The lowest BCUT2D eigenvalue weighted by Crippen LogP contribution is -2.43. The smallest absolute Gasteiger partial charge is 0.307 e. The lowest BCUT2D eigenvalue weighted by molar-refractivity contribution is -0.119.